The highest BCUT2D eigenvalue weighted by Gasteiger charge is 2.38. The number of rotatable bonds is 2. The Balaban J connectivity index is 1.51. The monoisotopic (exact) mass is 383 g/mol. The van der Waals surface area contributed by atoms with Gasteiger partial charge in [-0.05, 0) is 54.8 Å². The summed E-state index contributed by atoms with van der Waals surface area (Å²) in [4.78, 5) is 45.7. The number of carbonyl (C=O) groups excluding carboxylic acids is 3. The van der Waals surface area contributed by atoms with E-state index in [1.807, 2.05) is 24.3 Å². The smallest absolute Gasteiger partial charge is 0.267 e. The minimum Gasteiger partial charge on any atom is -0.308 e. The second-order valence-corrected chi connectivity index (χ2v) is 7.08. The number of imide groups is 1. The summed E-state index contributed by atoms with van der Waals surface area (Å²) in [6.07, 6.45) is 3.36. The van der Waals surface area contributed by atoms with Crippen LogP contribution in [0.3, 0.4) is 0 Å². The summed E-state index contributed by atoms with van der Waals surface area (Å²) in [7, 11) is 0. The van der Waals surface area contributed by atoms with E-state index >= 15 is 0 Å². The summed E-state index contributed by atoms with van der Waals surface area (Å²) in [5.41, 5.74) is 2.96. The molecule has 0 atom stereocenters. The van der Waals surface area contributed by atoms with Gasteiger partial charge >= 0.3 is 0 Å². The number of hydrogen-bond acceptors (Lipinski definition) is 4. The number of anilines is 2. The average Bonchev–Trinajstić information content (AvgIpc) is 3.03. The third-order valence-corrected chi connectivity index (χ3v) is 5.37. The molecule has 0 spiro atoms. The molecule has 6 nitrogen and oxygen atoms in total. The van der Waals surface area contributed by atoms with Crippen molar-refractivity contribution in [2.45, 2.75) is 12.8 Å². The lowest BCUT2D eigenvalue weighted by atomic mass is 9.99. The molecule has 1 aromatic heterocycles. The van der Waals surface area contributed by atoms with Gasteiger partial charge in [-0.1, -0.05) is 24.3 Å². The number of pyridine rings is 1. The molecule has 0 fully saturated rings. The summed E-state index contributed by atoms with van der Waals surface area (Å²) in [5, 5.41) is 0. The first kappa shape index (κ1) is 17.3. The predicted molar refractivity (Wildman–Crippen MR) is 108 cm³/mol. The van der Waals surface area contributed by atoms with Crippen LogP contribution in [0.5, 0.6) is 0 Å². The summed E-state index contributed by atoms with van der Waals surface area (Å²) >= 11 is 0. The van der Waals surface area contributed by atoms with Crippen molar-refractivity contribution in [3.63, 3.8) is 0 Å². The Hall–Kier alpha value is -3.80. The van der Waals surface area contributed by atoms with E-state index in [4.69, 9.17) is 0 Å². The van der Waals surface area contributed by atoms with Crippen molar-refractivity contribution in [3.8, 4) is 0 Å². The number of para-hydroxylation sites is 1. The summed E-state index contributed by atoms with van der Waals surface area (Å²) in [6, 6.07) is 17.6. The number of carbonyl (C=O) groups is 3. The molecule has 2 aromatic carbocycles. The highest BCUT2D eigenvalue weighted by Crippen LogP contribution is 2.31. The van der Waals surface area contributed by atoms with Gasteiger partial charge in [-0.25, -0.2) is 9.88 Å². The van der Waals surface area contributed by atoms with Crippen LogP contribution < -0.4 is 9.80 Å². The fourth-order valence-electron chi connectivity index (χ4n) is 3.97. The van der Waals surface area contributed by atoms with Crippen molar-refractivity contribution in [3.05, 3.63) is 89.1 Å². The first-order valence-corrected chi connectivity index (χ1v) is 9.49. The van der Waals surface area contributed by atoms with Crippen LogP contribution in [0.4, 0.5) is 11.5 Å². The highest BCUT2D eigenvalue weighted by atomic mass is 16.2. The fourth-order valence-corrected chi connectivity index (χ4v) is 3.97. The van der Waals surface area contributed by atoms with E-state index in [9.17, 15) is 14.4 Å². The summed E-state index contributed by atoms with van der Waals surface area (Å²) < 4.78 is 0. The fraction of sp³-hybridized carbons (Fsp3) is 0.130. The van der Waals surface area contributed by atoms with Crippen LogP contribution in [0.1, 0.15) is 43.1 Å². The van der Waals surface area contributed by atoms with Gasteiger partial charge in [0.1, 0.15) is 5.82 Å². The van der Waals surface area contributed by atoms with Crippen molar-refractivity contribution in [2.24, 2.45) is 0 Å². The van der Waals surface area contributed by atoms with Gasteiger partial charge in [0.15, 0.2) is 0 Å². The van der Waals surface area contributed by atoms with E-state index in [0.717, 1.165) is 29.0 Å². The van der Waals surface area contributed by atoms with E-state index in [2.05, 4.69) is 4.98 Å². The van der Waals surface area contributed by atoms with Crippen molar-refractivity contribution < 1.29 is 14.4 Å². The Kier molecular flexibility index (Phi) is 3.98. The molecule has 3 amide bonds. The molecule has 3 aromatic rings. The minimum absolute atomic E-state index is 0.170. The van der Waals surface area contributed by atoms with Crippen molar-refractivity contribution in [1.82, 2.24) is 4.98 Å². The Morgan fingerprint density at radius 1 is 0.897 bits per heavy atom. The zero-order valence-corrected chi connectivity index (χ0v) is 15.5. The Morgan fingerprint density at radius 2 is 1.69 bits per heavy atom. The Bertz CT molecular complexity index is 1160. The molecule has 29 heavy (non-hydrogen) atoms. The second-order valence-electron chi connectivity index (χ2n) is 7.08. The third kappa shape index (κ3) is 2.72. The van der Waals surface area contributed by atoms with Gasteiger partial charge in [0, 0.05) is 24.0 Å². The second kappa shape index (κ2) is 6.67. The van der Waals surface area contributed by atoms with Gasteiger partial charge < -0.3 is 4.90 Å². The van der Waals surface area contributed by atoms with Crippen LogP contribution in [0.25, 0.3) is 0 Å². The molecule has 0 unspecified atom stereocenters. The van der Waals surface area contributed by atoms with Crippen LogP contribution >= 0.6 is 0 Å². The number of benzene rings is 2. The zero-order valence-electron chi connectivity index (χ0n) is 15.5. The van der Waals surface area contributed by atoms with E-state index in [1.54, 1.807) is 35.2 Å². The molecule has 0 aliphatic carbocycles. The van der Waals surface area contributed by atoms with Gasteiger partial charge in [-0.2, -0.15) is 0 Å². The van der Waals surface area contributed by atoms with Crippen LogP contribution in [-0.4, -0.2) is 29.3 Å². The number of hydrogen-bond donors (Lipinski definition) is 0. The highest BCUT2D eigenvalue weighted by molar-refractivity contribution is 6.34. The number of aryl methyl sites for hydroxylation is 1. The lowest BCUT2D eigenvalue weighted by Gasteiger charge is -2.29. The van der Waals surface area contributed by atoms with Gasteiger partial charge in [-0.15, -0.1) is 0 Å². The molecule has 0 N–H and O–H groups in total. The number of fused-ring (bicyclic) bond motifs is 2. The maximum atomic E-state index is 13.2. The molecule has 5 rings (SSSR count). The molecular weight excluding hydrogens is 366 g/mol. The number of amides is 3. The van der Waals surface area contributed by atoms with Gasteiger partial charge in [-0.3, -0.25) is 14.4 Å². The van der Waals surface area contributed by atoms with E-state index in [0.29, 0.717) is 12.1 Å². The van der Waals surface area contributed by atoms with Gasteiger partial charge in [0.2, 0.25) is 0 Å². The molecular formula is C23H17N3O3. The van der Waals surface area contributed by atoms with Gasteiger partial charge in [0.25, 0.3) is 17.7 Å². The SMILES string of the molecule is O=C(c1ccc2c(c1)C(=O)N(c1ccccn1)C2=O)N1CCCc2ccccc21. The van der Waals surface area contributed by atoms with E-state index in [-0.39, 0.29) is 22.9 Å². The van der Waals surface area contributed by atoms with Crippen molar-refractivity contribution in [2.75, 3.05) is 16.3 Å². The normalized spacial score (nSPS) is 15.3. The molecule has 0 saturated carbocycles. The molecule has 3 heterocycles. The standard InChI is InChI=1S/C23H17N3O3/c27-21(25-13-5-7-15-6-1-2-8-19(15)25)16-10-11-17-18(14-16)23(29)26(22(17)28)20-9-3-4-12-24-20/h1-4,6,8-12,14H,5,7,13H2. The van der Waals surface area contributed by atoms with E-state index < -0.39 is 11.8 Å². The minimum atomic E-state index is -0.461. The van der Waals surface area contributed by atoms with Crippen LogP contribution in [-0.2, 0) is 6.42 Å². The molecule has 0 saturated heterocycles. The van der Waals surface area contributed by atoms with Gasteiger partial charge in [0.05, 0.1) is 11.1 Å². The quantitative estimate of drug-likeness (QED) is 0.636. The Labute approximate surface area is 167 Å². The first-order valence-electron chi connectivity index (χ1n) is 9.49. The van der Waals surface area contributed by atoms with Crippen LogP contribution in [0.2, 0.25) is 0 Å². The van der Waals surface area contributed by atoms with Crippen LogP contribution in [0.15, 0.2) is 66.9 Å². The maximum absolute atomic E-state index is 13.2. The molecule has 0 bridgehead atoms. The summed E-state index contributed by atoms with van der Waals surface area (Å²) in [6.45, 7) is 0.625. The summed E-state index contributed by atoms with van der Waals surface area (Å²) in [5.74, 6) is -0.781. The lowest BCUT2D eigenvalue weighted by Crippen LogP contribution is -2.35. The molecule has 2 aliphatic heterocycles. The first-order chi connectivity index (χ1) is 14.1. The predicted octanol–water partition coefficient (Wildman–Crippen LogP) is 3.48. The Morgan fingerprint density at radius 3 is 2.52 bits per heavy atom. The molecule has 142 valence electrons. The van der Waals surface area contributed by atoms with Crippen molar-refractivity contribution >= 4 is 29.2 Å². The lowest BCUT2D eigenvalue weighted by molar-refractivity contribution is 0.0924. The van der Waals surface area contributed by atoms with Crippen molar-refractivity contribution in [1.29, 1.82) is 0 Å². The topological polar surface area (TPSA) is 70.6 Å². The molecule has 2 aliphatic rings. The molecule has 0 radical (unpaired) electrons. The average molecular weight is 383 g/mol. The van der Waals surface area contributed by atoms with E-state index in [1.165, 1.54) is 12.3 Å². The number of nitrogens with zero attached hydrogens (tertiary/aromatic N) is 3. The molecule has 6 heteroatoms. The largest absolute Gasteiger partial charge is 0.308 e. The van der Waals surface area contributed by atoms with Crippen LogP contribution in [0, 0.1) is 0 Å². The number of aromatic nitrogens is 1. The zero-order chi connectivity index (χ0) is 20.0. The maximum Gasteiger partial charge on any atom is 0.267 e. The third-order valence-electron chi connectivity index (χ3n) is 5.37.